The van der Waals surface area contributed by atoms with Gasteiger partial charge < -0.3 is 10.3 Å². The average Bonchev–Trinajstić information content (AvgIpc) is 2.98. The molecule has 122 valence electrons. The third kappa shape index (κ3) is 3.15. The van der Waals surface area contributed by atoms with Crippen LogP contribution in [0.4, 0.5) is 5.69 Å². The van der Waals surface area contributed by atoms with Crippen LogP contribution in [-0.2, 0) is 4.79 Å². The number of fused-ring (bicyclic) bond motifs is 3. The van der Waals surface area contributed by atoms with Crippen LogP contribution in [0.1, 0.15) is 11.3 Å². The molecular formula is C21H17N3O. The zero-order valence-electron chi connectivity index (χ0n) is 13.8. The van der Waals surface area contributed by atoms with Crippen molar-refractivity contribution in [3.8, 4) is 0 Å². The molecule has 4 rings (SSSR count). The van der Waals surface area contributed by atoms with Gasteiger partial charge in [0, 0.05) is 28.1 Å². The maximum atomic E-state index is 12.1. The van der Waals surface area contributed by atoms with E-state index in [0.29, 0.717) is 0 Å². The number of pyridine rings is 1. The molecule has 25 heavy (non-hydrogen) atoms. The number of carbonyl (C=O) groups is 1. The van der Waals surface area contributed by atoms with Gasteiger partial charge in [0.15, 0.2) is 0 Å². The highest BCUT2D eigenvalue weighted by Crippen LogP contribution is 2.25. The average molecular weight is 327 g/mol. The van der Waals surface area contributed by atoms with E-state index in [9.17, 15) is 4.79 Å². The molecule has 0 aliphatic heterocycles. The number of carbonyl (C=O) groups excluding carboxylic acids is 1. The van der Waals surface area contributed by atoms with Crippen LogP contribution in [0.3, 0.4) is 0 Å². The molecule has 0 bridgehead atoms. The van der Waals surface area contributed by atoms with Crippen molar-refractivity contribution >= 4 is 39.5 Å². The second-order valence-corrected chi connectivity index (χ2v) is 6.02. The first kappa shape index (κ1) is 15.1. The summed E-state index contributed by atoms with van der Waals surface area (Å²) in [4.78, 5) is 19.8. The van der Waals surface area contributed by atoms with E-state index in [4.69, 9.17) is 0 Å². The summed E-state index contributed by atoms with van der Waals surface area (Å²) in [5.41, 5.74) is 4.71. The van der Waals surface area contributed by atoms with Crippen molar-refractivity contribution < 1.29 is 4.79 Å². The molecule has 2 N–H and O–H groups in total. The number of rotatable bonds is 3. The van der Waals surface area contributed by atoms with Gasteiger partial charge in [-0.25, -0.2) is 0 Å². The van der Waals surface area contributed by atoms with Crippen molar-refractivity contribution in [3.63, 3.8) is 0 Å². The molecule has 0 spiro atoms. The summed E-state index contributed by atoms with van der Waals surface area (Å²) < 4.78 is 0. The number of hydrogen-bond acceptors (Lipinski definition) is 2. The molecule has 4 aromatic rings. The summed E-state index contributed by atoms with van der Waals surface area (Å²) in [5.74, 6) is -0.175. The molecule has 1 amide bonds. The third-order valence-corrected chi connectivity index (χ3v) is 4.10. The van der Waals surface area contributed by atoms with E-state index in [1.54, 1.807) is 12.3 Å². The fourth-order valence-electron chi connectivity index (χ4n) is 2.93. The largest absolute Gasteiger partial charge is 0.353 e. The zero-order valence-corrected chi connectivity index (χ0v) is 13.8. The monoisotopic (exact) mass is 327 g/mol. The normalized spacial score (nSPS) is 11.4. The lowest BCUT2D eigenvalue weighted by Crippen LogP contribution is -2.07. The number of benzene rings is 2. The molecule has 0 aliphatic carbocycles. The first-order chi connectivity index (χ1) is 12.2. The van der Waals surface area contributed by atoms with E-state index in [0.717, 1.165) is 38.8 Å². The van der Waals surface area contributed by atoms with Crippen molar-refractivity contribution in [2.45, 2.75) is 6.92 Å². The summed E-state index contributed by atoms with van der Waals surface area (Å²) >= 11 is 0. The second kappa shape index (κ2) is 6.24. The Kier molecular flexibility index (Phi) is 3.78. The molecule has 0 saturated heterocycles. The molecule has 4 nitrogen and oxygen atoms in total. The lowest BCUT2D eigenvalue weighted by atomic mass is 10.1. The minimum Gasteiger partial charge on any atom is -0.353 e. The van der Waals surface area contributed by atoms with Crippen LogP contribution in [-0.4, -0.2) is 15.9 Å². The molecule has 0 radical (unpaired) electrons. The molecule has 0 fully saturated rings. The number of aromatic amines is 1. The van der Waals surface area contributed by atoms with Gasteiger partial charge in [-0.3, -0.25) is 9.78 Å². The van der Waals surface area contributed by atoms with Crippen LogP contribution in [0.25, 0.3) is 27.9 Å². The van der Waals surface area contributed by atoms with Gasteiger partial charge in [-0.2, -0.15) is 0 Å². The summed E-state index contributed by atoms with van der Waals surface area (Å²) in [6.45, 7) is 1.99. The van der Waals surface area contributed by atoms with Gasteiger partial charge >= 0.3 is 0 Å². The molecular weight excluding hydrogens is 310 g/mol. The number of aromatic nitrogens is 2. The Morgan fingerprint density at radius 2 is 1.92 bits per heavy atom. The first-order valence-corrected chi connectivity index (χ1v) is 8.11. The highest BCUT2D eigenvalue weighted by atomic mass is 16.1. The van der Waals surface area contributed by atoms with Crippen molar-refractivity contribution in [3.05, 3.63) is 78.1 Å². The van der Waals surface area contributed by atoms with E-state index >= 15 is 0 Å². The van der Waals surface area contributed by atoms with E-state index in [-0.39, 0.29) is 5.91 Å². The Bertz CT molecular complexity index is 1110. The van der Waals surface area contributed by atoms with Crippen LogP contribution in [0.15, 0.2) is 66.9 Å². The van der Waals surface area contributed by atoms with E-state index in [1.807, 2.05) is 55.5 Å². The van der Waals surface area contributed by atoms with Crippen LogP contribution in [0.2, 0.25) is 0 Å². The molecule has 2 aromatic heterocycles. The SMILES string of the molecule is Cc1cccc(NC(=O)/C=C/c2cc3c(cn2)[nH]c2ccccc23)c1. The third-order valence-electron chi connectivity index (χ3n) is 4.10. The fraction of sp³-hybridized carbons (Fsp3) is 0.0476. The number of hydrogen-bond donors (Lipinski definition) is 2. The Labute approximate surface area is 145 Å². The summed E-state index contributed by atoms with van der Waals surface area (Å²) in [5, 5.41) is 5.11. The van der Waals surface area contributed by atoms with E-state index < -0.39 is 0 Å². The number of nitrogens with one attached hydrogen (secondary N) is 2. The molecule has 0 atom stereocenters. The van der Waals surface area contributed by atoms with Crippen molar-refractivity contribution in [2.24, 2.45) is 0 Å². The van der Waals surface area contributed by atoms with Crippen molar-refractivity contribution in [2.75, 3.05) is 5.32 Å². The highest BCUT2D eigenvalue weighted by molar-refractivity contribution is 6.07. The summed E-state index contributed by atoms with van der Waals surface area (Å²) in [6, 6.07) is 17.8. The number of aryl methyl sites for hydroxylation is 1. The van der Waals surface area contributed by atoms with Crippen LogP contribution < -0.4 is 5.32 Å². The highest BCUT2D eigenvalue weighted by Gasteiger charge is 2.04. The van der Waals surface area contributed by atoms with Crippen molar-refractivity contribution in [1.82, 2.24) is 9.97 Å². The van der Waals surface area contributed by atoms with Crippen LogP contribution in [0, 0.1) is 6.92 Å². The second-order valence-electron chi connectivity index (χ2n) is 6.02. The number of amides is 1. The maximum Gasteiger partial charge on any atom is 0.248 e. The number of anilines is 1. The van der Waals surface area contributed by atoms with Gasteiger partial charge in [-0.1, -0.05) is 30.3 Å². The van der Waals surface area contributed by atoms with E-state index in [2.05, 4.69) is 21.4 Å². The predicted molar refractivity (Wildman–Crippen MR) is 102 cm³/mol. The van der Waals surface area contributed by atoms with Gasteiger partial charge in [0.2, 0.25) is 5.91 Å². The molecule has 2 heterocycles. The maximum absolute atomic E-state index is 12.1. The lowest BCUT2D eigenvalue weighted by molar-refractivity contribution is -0.111. The van der Waals surface area contributed by atoms with Crippen molar-refractivity contribution in [1.29, 1.82) is 0 Å². The number of H-pyrrole nitrogens is 1. The topological polar surface area (TPSA) is 57.8 Å². The molecule has 0 aliphatic rings. The standard InChI is InChI=1S/C21H17N3O/c1-14-5-4-6-16(11-14)23-21(25)10-9-15-12-18-17-7-2-3-8-19(17)24-20(18)13-22-15/h2-13,24H,1H3,(H,23,25)/b10-9+. The van der Waals surface area contributed by atoms with E-state index in [1.165, 1.54) is 6.08 Å². The molecule has 2 aromatic carbocycles. The smallest absolute Gasteiger partial charge is 0.248 e. The summed E-state index contributed by atoms with van der Waals surface area (Å²) in [7, 11) is 0. The molecule has 0 saturated carbocycles. The minimum absolute atomic E-state index is 0.175. The summed E-state index contributed by atoms with van der Waals surface area (Å²) in [6.07, 6.45) is 5.03. The first-order valence-electron chi connectivity index (χ1n) is 8.11. The van der Waals surface area contributed by atoms with Gasteiger partial charge in [-0.15, -0.1) is 0 Å². The number of para-hydroxylation sites is 1. The number of nitrogens with zero attached hydrogens (tertiary/aromatic N) is 1. The van der Waals surface area contributed by atoms with Gasteiger partial charge in [0.1, 0.15) is 0 Å². The quantitative estimate of drug-likeness (QED) is 0.537. The van der Waals surface area contributed by atoms with Gasteiger partial charge in [0.25, 0.3) is 0 Å². The van der Waals surface area contributed by atoms with Crippen LogP contribution in [0.5, 0.6) is 0 Å². The fourth-order valence-corrected chi connectivity index (χ4v) is 2.93. The Hall–Kier alpha value is -3.40. The van der Waals surface area contributed by atoms with Crippen LogP contribution >= 0.6 is 0 Å². The Morgan fingerprint density at radius 1 is 1.04 bits per heavy atom. The van der Waals surface area contributed by atoms with Gasteiger partial charge in [0.05, 0.1) is 17.4 Å². The van der Waals surface area contributed by atoms with Gasteiger partial charge in [-0.05, 0) is 42.8 Å². The Morgan fingerprint density at radius 3 is 2.80 bits per heavy atom. The Balaban J connectivity index is 1.58. The zero-order chi connectivity index (χ0) is 17.2. The minimum atomic E-state index is -0.175. The molecule has 0 unspecified atom stereocenters. The molecule has 4 heteroatoms. The lowest BCUT2D eigenvalue weighted by Gasteiger charge is -2.02. The predicted octanol–water partition coefficient (Wildman–Crippen LogP) is 4.68.